The van der Waals surface area contributed by atoms with Crippen molar-refractivity contribution in [1.29, 1.82) is 0 Å². The van der Waals surface area contributed by atoms with Crippen molar-refractivity contribution in [3.05, 3.63) is 46.7 Å². The van der Waals surface area contributed by atoms with E-state index in [9.17, 15) is 0 Å². The number of anilines is 1. The number of hydrogen-bond acceptors (Lipinski definition) is 6. The molecule has 1 saturated heterocycles. The number of halogens is 1. The Bertz CT molecular complexity index is 888. The van der Waals surface area contributed by atoms with E-state index < -0.39 is 0 Å². The van der Waals surface area contributed by atoms with E-state index in [0.29, 0.717) is 11.7 Å². The summed E-state index contributed by atoms with van der Waals surface area (Å²) in [6.07, 6.45) is 1.89. The molecule has 0 aliphatic carbocycles. The van der Waals surface area contributed by atoms with Crippen molar-refractivity contribution in [2.75, 3.05) is 31.1 Å². The summed E-state index contributed by atoms with van der Waals surface area (Å²) in [4.78, 5) is 13.7. The Kier molecular flexibility index (Phi) is 4.43. The minimum Gasteiger partial charge on any atom is -0.368 e. The molecular formula is C18H20BrN5O. The molecule has 130 valence electrons. The molecule has 3 heterocycles. The van der Waals surface area contributed by atoms with Gasteiger partial charge in [0.25, 0.3) is 0 Å². The summed E-state index contributed by atoms with van der Waals surface area (Å²) in [5.74, 6) is 1.39. The number of fused-ring (bicyclic) bond motifs is 1. The number of benzene rings is 1. The molecule has 0 radical (unpaired) electrons. The van der Waals surface area contributed by atoms with E-state index in [2.05, 4.69) is 66.0 Å². The van der Waals surface area contributed by atoms with Crippen LogP contribution in [0.25, 0.3) is 10.9 Å². The maximum Gasteiger partial charge on any atom is 0.243 e. The first kappa shape index (κ1) is 16.5. The molecular weight excluding hydrogens is 382 g/mol. The Morgan fingerprint density at radius 3 is 2.68 bits per heavy atom. The Labute approximate surface area is 155 Å². The molecule has 7 heteroatoms. The second-order valence-electron chi connectivity index (χ2n) is 6.34. The summed E-state index contributed by atoms with van der Waals surface area (Å²) in [5.41, 5.74) is 2.25. The molecule has 2 aromatic heterocycles. The molecule has 1 fully saturated rings. The average Bonchev–Trinajstić information content (AvgIpc) is 3.08. The maximum atomic E-state index is 5.33. The molecule has 4 rings (SSSR count). The number of para-hydroxylation sites is 1. The quantitative estimate of drug-likeness (QED) is 0.668. The highest BCUT2D eigenvalue weighted by Crippen LogP contribution is 2.31. The SMILES string of the molecule is Cc1noc(C(C)N2CCN(c3ccnc4c(Br)cccc34)CC2)n1. The third kappa shape index (κ3) is 3.14. The number of aryl methyl sites for hydroxylation is 1. The Hall–Kier alpha value is -1.99. The number of hydrogen-bond donors (Lipinski definition) is 0. The summed E-state index contributed by atoms with van der Waals surface area (Å²) < 4.78 is 6.36. The van der Waals surface area contributed by atoms with Crippen LogP contribution < -0.4 is 4.90 Å². The molecule has 0 spiro atoms. The van der Waals surface area contributed by atoms with Gasteiger partial charge in [-0.05, 0) is 41.9 Å². The lowest BCUT2D eigenvalue weighted by atomic mass is 10.1. The zero-order valence-corrected chi connectivity index (χ0v) is 15.9. The smallest absolute Gasteiger partial charge is 0.243 e. The summed E-state index contributed by atoms with van der Waals surface area (Å²) in [6, 6.07) is 8.49. The summed E-state index contributed by atoms with van der Waals surface area (Å²) >= 11 is 3.60. The van der Waals surface area contributed by atoms with Crippen molar-refractivity contribution < 1.29 is 4.52 Å². The minimum absolute atomic E-state index is 0.145. The minimum atomic E-state index is 0.145. The van der Waals surface area contributed by atoms with Gasteiger partial charge in [-0.15, -0.1) is 0 Å². The van der Waals surface area contributed by atoms with Crippen LogP contribution in [0.4, 0.5) is 5.69 Å². The molecule has 0 bridgehead atoms. The third-order valence-corrected chi connectivity index (χ3v) is 5.44. The number of pyridine rings is 1. The second-order valence-corrected chi connectivity index (χ2v) is 7.20. The van der Waals surface area contributed by atoms with Crippen molar-refractivity contribution >= 4 is 32.5 Å². The van der Waals surface area contributed by atoms with Gasteiger partial charge < -0.3 is 9.42 Å². The van der Waals surface area contributed by atoms with Crippen LogP contribution >= 0.6 is 15.9 Å². The number of nitrogens with zero attached hydrogens (tertiary/aromatic N) is 5. The average molecular weight is 402 g/mol. The molecule has 0 saturated carbocycles. The van der Waals surface area contributed by atoms with Crippen molar-refractivity contribution in [3.63, 3.8) is 0 Å². The first-order chi connectivity index (χ1) is 12.1. The fraction of sp³-hybridized carbons (Fsp3) is 0.389. The van der Waals surface area contributed by atoms with Crippen LogP contribution in [-0.4, -0.2) is 46.2 Å². The fourth-order valence-electron chi connectivity index (χ4n) is 3.39. The van der Waals surface area contributed by atoms with Crippen LogP contribution in [0.1, 0.15) is 24.7 Å². The van der Waals surface area contributed by atoms with Gasteiger partial charge in [0.05, 0.1) is 11.6 Å². The molecule has 0 amide bonds. The van der Waals surface area contributed by atoms with Crippen molar-refractivity contribution in [1.82, 2.24) is 20.0 Å². The van der Waals surface area contributed by atoms with Gasteiger partial charge >= 0.3 is 0 Å². The number of aromatic nitrogens is 3. The number of piperazine rings is 1. The lowest BCUT2D eigenvalue weighted by molar-refractivity contribution is 0.164. The van der Waals surface area contributed by atoms with Gasteiger partial charge in [-0.1, -0.05) is 17.3 Å². The number of rotatable bonds is 3. The van der Waals surface area contributed by atoms with Gasteiger partial charge in [-0.3, -0.25) is 9.88 Å². The van der Waals surface area contributed by atoms with Crippen LogP contribution in [0, 0.1) is 6.92 Å². The van der Waals surface area contributed by atoms with E-state index in [1.807, 2.05) is 19.2 Å². The molecule has 1 aliphatic rings. The van der Waals surface area contributed by atoms with Gasteiger partial charge in [-0.2, -0.15) is 4.98 Å². The molecule has 25 heavy (non-hydrogen) atoms. The highest BCUT2D eigenvalue weighted by atomic mass is 79.9. The van der Waals surface area contributed by atoms with E-state index in [1.54, 1.807) is 0 Å². The van der Waals surface area contributed by atoms with E-state index >= 15 is 0 Å². The lowest BCUT2D eigenvalue weighted by Crippen LogP contribution is -2.47. The van der Waals surface area contributed by atoms with Crippen LogP contribution in [0.2, 0.25) is 0 Å². The normalized spacial score (nSPS) is 17.2. The lowest BCUT2D eigenvalue weighted by Gasteiger charge is -2.38. The predicted molar refractivity (Wildman–Crippen MR) is 101 cm³/mol. The highest BCUT2D eigenvalue weighted by molar-refractivity contribution is 9.10. The van der Waals surface area contributed by atoms with Crippen LogP contribution in [-0.2, 0) is 0 Å². The van der Waals surface area contributed by atoms with E-state index in [4.69, 9.17) is 4.52 Å². The molecule has 1 unspecified atom stereocenters. The second kappa shape index (κ2) is 6.72. The molecule has 6 nitrogen and oxygen atoms in total. The summed E-state index contributed by atoms with van der Waals surface area (Å²) in [7, 11) is 0. The Balaban J connectivity index is 1.52. The van der Waals surface area contributed by atoms with Gasteiger partial charge in [0, 0.05) is 47.9 Å². The fourth-order valence-corrected chi connectivity index (χ4v) is 3.86. The zero-order valence-electron chi connectivity index (χ0n) is 14.3. The summed E-state index contributed by atoms with van der Waals surface area (Å²) in [5, 5.41) is 5.09. The Morgan fingerprint density at radius 1 is 1.16 bits per heavy atom. The van der Waals surface area contributed by atoms with Crippen LogP contribution in [0.3, 0.4) is 0 Å². The largest absolute Gasteiger partial charge is 0.368 e. The van der Waals surface area contributed by atoms with Crippen molar-refractivity contribution in [3.8, 4) is 0 Å². The van der Waals surface area contributed by atoms with E-state index in [0.717, 1.165) is 36.2 Å². The first-order valence-electron chi connectivity index (χ1n) is 8.46. The van der Waals surface area contributed by atoms with Gasteiger partial charge in [0.2, 0.25) is 5.89 Å². The van der Waals surface area contributed by atoms with Gasteiger partial charge in [0.1, 0.15) is 0 Å². The monoisotopic (exact) mass is 401 g/mol. The topological polar surface area (TPSA) is 58.3 Å². The van der Waals surface area contributed by atoms with Crippen LogP contribution in [0.5, 0.6) is 0 Å². The third-order valence-electron chi connectivity index (χ3n) is 4.80. The van der Waals surface area contributed by atoms with E-state index in [-0.39, 0.29) is 6.04 Å². The van der Waals surface area contributed by atoms with E-state index in [1.165, 1.54) is 11.1 Å². The van der Waals surface area contributed by atoms with Gasteiger partial charge in [-0.25, -0.2) is 0 Å². The highest BCUT2D eigenvalue weighted by Gasteiger charge is 2.26. The zero-order chi connectivity index (χ0) is 17.4. The first-order valence-corrected chi connectivity index (χ1v) is 9.25. The van der Waals surface area contributed by atoms with Crippen molar-refractivity contribution in [2.45, 2.75) is 19.9 Å². The molecule has 3 aromatic rings. The van der Waals surface area contributed by atoms with Crippen molar-refractivity contribution in [2.24, 2.45) is 0 Å². The molecule has 1 atom stereocenters. The molecule has 1 aliphatic heterocycles. The standard InChI is InChI=1S/C18H20BrN5O/c1-12(18-21-13(2)22-25-18)23-8-10-24(11-9-23)16-6-7-20-17-14(16)4-3-5-15(17)19/h3-7,12H,8-11H2,1-2H3. The predicted octanol–water partition coefficient (Wildman–Crippen LogP) is 3.57. The van der Waals surface area contributed by atoms with Crippen LogP contribution in [0.15, 0.2) is 39.5 Å². The summed E-state index contributed by atoms with van der Waals surface area (Å²) in [6.45, 7) is 7.82. The molecule has 0 N–H and O–H groups in total. The Morgan fingerprint density at radius 2 is 1.96 bits per heavy atom. The molecule has 1 aromatic carbocycles. The maximum absolute atomic E-state index is 5.33. The van der Waals surface area contributed by atoms with Gasteiger partial charge in [0.15, 0.2) is 5.82 Å².